The molecule has 4 atom stereocenters. The van der Waals surface area contributed by atoms with Gasteiger partial charge in [0, 0.05) is 49.4 Å². The number of nitriles is 2. The lowest BCUT2D eigenvalue weighted by molar-refractivity contribution is 0.212. The Kier molecular flexibility index (Phi) is 9.00. The maximum Gasteiger partial charge on any atom is 0.342 e. The number of carbonyl (C=O) groups is 1. The number of amides is 2. The second-order valence-electron chi connectivity index (χ2n) is 8.29. The third-order valence-electron chi connectivity index (χ3n) is 6.49. The summed E-state index contributed by atoms with van der Waals surface area (Å²) in [6.07, 6.45) is 8.54. The van der Waals surface area contributed by atoms with E-state index in [4.69, 9.17) is 0 Å². The van der Waals surface area contributed by atoms with Gasteiger partial charge in [-0.1, -0.05) is 39.5 Å². The molecule has 0 bridgehead atoms. The molecule has 2 saturated carbocycles. The van der Waals surface area contributed by atoms with Gasteiger partial charge in [-0.15, -0.1) is 0 Å². The van der Waals surface area contributed by atoms with Crippen molar-refractivity contribution in [3.63, 3.8) is 0 Å². The van der Waals surface area contributed by atoms with Gasteiger partial charge in [-0.05, 0) is 25.7 Å². The molecule has 3 fully saturated rings. The molecule has 2 amide bonds. The van der Waals surface area contributed by atoms with E-state index in [1.54, 1.807) is 0 Å². The van der Waals surface area contributed by atoms with Crippen LogP contribution in [0.15, 0.2) is 0 Å². The molecule has 1 aliphatic heterocycles. The molecule has 0 spiro atoms. The summed E-state index contributed by atoms with van der Waals surface area (Å²) in [5, 5.41) is 19.1. The molecule has 7 nitrogen and oxygen atoms in total. The number of hydrogen-bond donors (Lipinski definition) is 0. The SMILES string of the molecule is CCN(SN1CCN(SN(CC)C2CCCCC2C#N)C1=O)C1CCCCC1C#N. The summed E-state index contributed by atoms with van der Waals surface area (Å²) >= 11 is 3.01. The van der Waals surface area contributed by atoms with Crippen LogP contribution in [0.1, 0.15) is 65.2 Å². The predicted octanol–water partition coefficient (Wildman–Crippen LogP) is 4.66. The topological polar surface area (TPSA) is 77.6 Å². The minimum absolute atomic E-state index is 0.0236. The molecule has 1 saturated heterocycles. The van der Waals surface area contributed by atoms with Crippen LogP contribution in [0.3, 0.4) is 0 Å². The van der Waals surface area contributed by atoms with Crippen LogP contribution in [0.4, 0.5) is 4.79 Å². The largest absolute Gasteiger partial charge is 0.342 e. The summed E-state index contributed by atoms with van der Waals surface area (Å²) in [7, 11) is 0. The quantitative estimate of drug-likeness (QED) is 0.498. The number of hydrogen-bond acceptors (Lipinski definition) is 7. The van der Waals surface area contributed by atoms with E-state index in [-0.39, 0.29) is 30.0 Å². The maximum atomic E-state index is 13.1. The highest BCUT2D eigenvalue weighted by Gasteiger charge is 2.38. The smallest absolute Gasteiger partial charge is 0.252 e. The van der Waals surface area contributed by atoms with Crippen molar-refractivity contribution in [1.29, 1.82) is 10.5 Å². The molecule has 3 aliphatic rings. The van der Waals surface area contributed by atoms with Gasteiger partial charge in [-0.25, -0.2) is 13.4 Å². The van der Waals surface area contributed by atoms with Gasteiger partial charge in [0.15, 0.2) is 0 Å². The van der Waals surface area contributed by atoms with Crippen LogP contribution in [0.5, 0.6) is 0 Å². The highest BCUT2D eigenvalue weighted by atomic mass is 32.2. The summed E-state index contributed by atoms with van der Waals surface area (Å²) in [5.41, 5.74) is 0. The van der Waals surface area contributed by atoms with Gasteiger partial charge in [-0.3, -0.25) is 8.61 Å². The zero-order valence-corrected chi connectivity index (χ0v) is 19.8. The Morgan fingerprint density at radius 3 is 1.60 bits per heavy atom. The van der Waals surface area contributed by atoms with E-state index in [0.29, 0.717) is 13.1 Å². The van der Waals surface area contributed by atoms with Crippen molar-refractivity contribution in [2.24, 2.45) is 11.8 Å². The fourth-order valence-corrected chi connectivity index (χ4v) is 7.02. The lowest BCUT2D eigenvalue weighted by Crippen LogP contribution is -2.42. The molecule has 0 aromatic carbocycles. The molecule has 1 heterocycles. The van der Waals surface area contributed by atoms with Gasteiger partial charge in [0.25, 0.3) is 0 Å². The second kappa shape index (κ2) is 11.5. The Morgan fingerprint density at radius 2 is 1.23 bits per heavy atom. The lowest BCUT2D eigenvalue weighted by atomic mass is 9.85. The third-order valence-corrected chi connectivity index (χ3v) is 9.04. The van der Waals surface area contributed by atoms with Crippen LogP contribution < -0.4 is 0 Å². The first-order chi connectivity index (χ1) is 14.6. The fourth-order valence-electron chi connectivity index (χ4n) is 4.82. The monoisotopic (exact) mass is 450 g/mol. The molecule has 0 aromatic rings. The zero-order valence-electron chi connectivity index (χ0n) is 18.2. The van der Waals surface area contributed by atoms with Crippen molar-refractivity contribution in [2.75, 3.05) is 26.2 Å². The first-order valence-electron chi connectivity index (χ1n) is 11.4. The van der Waals surface area contributed by atoms with Gasteiger partial charge in [-0.2, -0.15) is 10.5 Å². The van der Waals surface area contributed by atoms with E-state index in [1.165, 1.54) is 24.3 Å². The van der Waals surface area contributed by atoms with Crippen LogP contribution in [0.2, 0.25) is 0 Å². The molecule has 0 aromatic heterocycles. The van der Waals surface area contributed by atoms with Crippen molar-refractivity contribution >= 4 is 30.3 Å². The van der Waals surface area contributed by atoms with E-state index in [0.717, 1.165) is 64.5 Å². The van der Waals surface area contributed by atoms with E-state index >= 15 is 0 Å². The van der Waals surface area contributed by atoms with Crippen LogP contribution in [-0.4, -0.2) is 61.5 Å². The maximum absolute atomic E-state index is 13.1. The van der Waals surface area contributed by atoms with Crippen LogP contribution in [0.25, 0.3) is 0 Å². The van der Waals surface area contributed by atoms with Crippen molar-refractivity contribution in [1.82, 2.24) is 17.2 Å². The predicted molar refractivity (Wildman–Crippen MR) is 121 cm³/mol. The van der Waals surface area contributed by atoms with Gasteiger partial charge in [0.2, 0.25) is 0 Å². The molecule has 0 radical (unpaired) electrons. The fraction of sp³-hybridized carbons (Fsp3) is 0.857. The van der Waals surface area contributed by atoms with Crippen LogP contribution in [-0.2, 0) is 0 Å². The average molecular weight is 451 g/mol. The Bertz CT molecular complexity index is 611. The number of rotatable bonds is 8. The standard InChI is InChI=1S/C21H34N6OS2/c1-3-24(19-11-7-5-9-17(19)15-22)29-26-13-14-27(21(26)28)30-25(4-2)20-12-8-6-10-18(20)16-23/h17-20H,3-14H2,1-2H3. The second-order valence-corrected chi connectivity index (χ2v) is 10.4. The first kappa shape index (κ1) is 23.5. The molecule has 166 valence electrons. The van der Waals surface area contributed by atoms with Crippen LogP contribution >= 0.6 is 24.3 Å². The normalized spacial score (nSPS) is 30.0. The molecule has 3 rings (SSSR count). The van der Waals surface area contributed by atoms with Gasteiger partial charge in [0.05, 0.1) is 37.1 Å². The minimum Gasteiger partial charge on any atom is -0.252 e. The van der Waals surface area contributed by atoms with Crippen LogP contribution in [0, 0.1) is 34.5 Å². The van der Waals surface area contributed by atoms with Gasteiger partial charge in [0.1, 0.15) is 0 Å². The van der Waals surface area contributed by atoms with Gasteiger partial charge < -0.3 is 0 Å². The highest BCUT2D eigenvalue weighted by Crippen LogP contribution is 2.37. The van der Waals surface area contributed by atoms with Gasteiger partial charge >= 0.3 is 6.03 Å². The molecule has 9 heteroatoms. The Balaban J connectivity index is 1.59. The lowest BCUT2D eigenvalue weighted by Gasteiger charge is -2.37. The summed E-state index contributed by atoms with van der Waals surface area (Å²) in [6.45, 7) is 7.20. The van der Waals surface area contributed by atoms with E-state index in [2.05, 4.69) is 34.6 Å². The van der Waals surface area contributed by atoms with Crippen molar-refractivity contribution in [3.05, 3.63) is 0 Å². The summed E-state index contributed by atoms with van der Waals surface area (Å²) < 4.78 is 8.17. The summed E-state index contributed by atoms with van der Waals surface area (Å²) in [6, 6.07) is 5.44. The zero-order chi connectivity index (χ0) is 21.5. The Hall–Kier alpha value is -1.13. The molecule has 2 aliphatic carbocycles. The Labute approximate surface area is 190 Å². The number of urea groups is 1. The average Bonchev–Trinajstić information content (AvgIpc) is 3.14. The number of carbonyl (C=O) groups excluding carboxylic acids is 1. The van der Waals surface area contributed by atoms with E-state index in [9.17, 15) is 15.3 Å². The van der Waals surface area contributed by atoms with E-state index < -0.39 is 0 Å². The summed E-state index contributed by atoms with van der Waals surface area (Å²) in [5.74, 6) is 0.110. The molecular formula is C21H34N6OS2. The first-order valence-corrected chi connectivity index (χ1v) is 12.9. The Morgan fingerprint density at radius 1 is 0.833 bits per heavy atom. The van der Waals surface area contributed by atoms with Crippen molar-refractivity contribution < 1.29 is 4.79 Å². The minimum atomic E-state index is 0.0236. The van der Waals surface area contributed by atoms with E-state index in [1.807, 2.05) is 8.61 Å². The molecular weight excluding hydrogens is 416 g/mol. The van der Waals surface area contributed by atoms with Crippen molar-refractivity contribution in [2.45, 2.75) is 77.3 Å². The van der Waals surface area contributed by atoms with Crippen molar-refractivity contribution in [3.8, 4) is 12.1 Å². The molecule has 4 unspecified atom stereocenters. The molecule has 30 heavy (non-hydrogen) atoms. The molecule has 0 N–H and O–H groups in total. The third kappa shape index (κ3) is 5.37. The summed E-state index contributed by atoms with van der Waals surface area (Å²) in [4.78, 5) is 13.1. The highest BCUT2D eigenvalue weighted by molar-refractivity contribution is 7.96. The number of nitrogens with zero attached hydrogens (tertiary/aromatic N) is 6.